The molecule has 1 N–H and O–H groups in total. The van der Waals surface area contributed by atoms with Gasteiger partial charge in [0.05, 0.1) is 18.1 Å². The van der Waals surface area contributed by atoms with Gasteiger partial charge in [0.2, 0.25) is 5.91 Å². The van der Waals surface area contributed by atoms with Crippen molar-refractivity contribution in [3.8, 4) is 0 Å². The highest BCUT2D eigenvalue weighted by Gasteiger charge is 2.46. The Morgan fingerprint density at radius 3 is 2.40 bits per heavy atom. The number of ether oxygens (including phenoxy) is 1. The number of amides is 2. The van der Waals surface area contributed by atoms with Crippen LogP contribution < -0.4 is 0 Å². The molecule has 0 unspecified atom stereocenters. The van der Waals surface area contributed by atoms with Crippen LogP contribution in [0.3, 0.4) is 0 Å². The van der Waals surface area contributed by atoms with Crippen LogP contribution in [0.2, 0.25) is 18.1 Å². The molecule has 0 spiro atoms. The molecule has 7 heteroatoms. The van der Waals surface area contributed by atoms with E-state index in [0.717, 1.165) is 5.56 Å². The van der Waals surface area contributed by atoms with Gasteiger partial charge in [-0.05, 0) is 30.1 Å². The average Bonchev–Trinajstić information content (AvgIpc) is 3.04. The molecule has 0 bridgehead atoms. The van der Waals surface area contributed by atoms with Crippen LogP contribution in [0.4, 0.5) is 4.79 Å². The second-order valence-electron chi connectivity index (χ2n) is 9.92. The van der Waals surface area contributed by atoms with Gasteiger partial charge in [-0.25, -0.2) is 9.69 Å². The summed E-state index contributed by atoms with van der Waals surface area (Å²) in [6, 6.07) is 9.43. The SMILES string of the molecule is C[C@@H](CO)[C@H](O[Si](C)(C)C(C)(C)C)[C@@H](C)C(=O)N1C(=O)OC[C@H]1Cc1ccccc1. The molecule has 0 radical (unpaired) electrons. The lowest BCUT2D eigenvalue weighted by molar-refractivity contribution is -0.137. The summed E-state index contributed by atoms with van der Waals surface area (Å²) >= 11 is 0. The molecule has 1 aliphatic heterocycles. The van der Waals surface area contributed by atoms with Crippen molar-refractivity contribution < 1.29 is 23.9 Å². The van der Waals surface area contributed by atoms with Crippen molar-refractivity contribution >= 4 is 20.3 Å². The van der Waals surface area contributed by atoms with Gasteiger partial charge in [-0.1, -0.05) is 65.0 Å². The van der Waals surface area contributed by atoms with E-state index in [1.54, 1.807) is 6.92 Å². The minimum Gasteiger partial charge on any atom is -0.447 e. The Kier molecular flexibility index (Phi) is 7.88. The zero-order valence-corrected chi connectivity index (χ0v) is 20.3. The fourth-order valence-corrected chi connectivity index (χ4v) is 4.93. The van der Waals surface area contributed by atoms with Crippen molar-refractivity contribution in [3.05, 3.63) is 35.9 Å². The molecule has 1 aromatic rings. The number of carbonyl (C=O) groups excluding carboxylic acids is 2. The number of aliphatic hydroxyl groups excluding tert-OH is 1. The molecule has 1 saturated heterocycles. The first-order valence-corrected chi connectivity index (χ1v) is 13.6. The largest absolute Gasteiger partial charge is 0.447 e. The van der Waals surface area contributed by atoms with Crippen LogP contribution in [0.1, 0.15) is 40.2 Å². The number of hydrogen-bond donors (Lipinski definition) is 1. The van der Waals surface area contributed by atoms with E-state index in [4.69, 9.17) is 9.16 Å². The minimum absolute atomic E-state index is 0.0361. The number of aliphatic hydroxyl groups is 1. The third-order valence-corrected chi connectivity index (χ3v) is 11.0. The summed E-state index contributed by atoms with van der Waals surface area (Å²) in [6.07, 6.45) is -0.529. The topological polar surface area (TPSA) is 76.1 Å². The summed E-state index contributed by atoms with van der Waals surface area (Å²) in [7, 11) is -2.19. The molecule has 0 saturated carbocycles. The highest BCUT2D eigenvalue weighted by Crippen LogP contribution is 2.39. The Morgan fingerprint density at radius 2 is 1.87 bits per heavy atom. The number of benzene rings is 1. The van der Waals surface area contributed by atoms with Gasteiger partial charge in [0.15, 0.2) is 8.32 Å². The quantitative estimate of drug-likeness (QED) is 0.618. The maximum atomic E-state index is 13.4. The summed E-state index contributed by atoms with van der Waals surface area (Å²) < 4.78 is 11.8. The van der Waals surface area contributed by atoms with Crippen molar-refractivity contribution in [2.24, 2.45) is 11.8 Å². The Morgan fingerprint density at radius 1 is 1.27 bits per heavy atom. The van der Waals surface area contributed by atoms with Crippen LogP contribution in [-0.2, 0) is 20.4 Å². The first kappa shape index (κ1) is 24.6. The summed E-state index contributed by atoms with van der Waals surface area (Å²) in [5, 5.41) is 9.78. The first-order chi connectivity index (χ1) is 13.9. The molecule has 1 fully saturated rings. The van der Waals surface area contributed by atoms with Gasteiger partial charge in [-0.3, -0.25) is 4.79 Å². The van der Waals surface area contributed by atoms with Gasteiger partial charge in [0, 0.05) is 12.5 Å². The lowest BCUT2D eigenvalue weighted by atomic mass is 9.92. The fourth-order valence-electron chi connectivity index (χ4n) is 3.46. The van der Waals surface area contributed by atoms with Gasteiger partial charge < -0.3 is 14.3 Å². The standard InChI is InChI=1S/C23H37NO5Si/c1-16(14-25)20(29-30(6,7)23(3,4)5)17(2)21(26)24-19(15-28-22(24)27)13-18-11-9-8-10-12-18/h8-12,16-17,19-20,25H,13-15H2,1-7H3/t16-,17+,19+,20-/m0/s1. The Balaban J connectivity index is 2.24. The number of rotatable bonds is 8. The van der Waals surface area contributed by atoms with Crippen LogP contribution in [-0.4, -0.2) is 55.7 Å². The smallest absolute Gasteiger partial charge is 0.416 e. The molecule has 2 rings (SSSR count). The van der Waals surface area contributed by atoms with E-state index in [2.05, 4.69) is 33.9 Å². The Bertz CT molecular complexity index is 731. The summed E-state index contributed by atoms with van der Waals surface area (Å²) in [5.41, 5.74) is 1.05. The van der Waals surface area contributed by atoms with Crippen LogP contribution in [0.25, 0.3) is 0 Å². The predicted molar refractivity (Wildman–Crippen MR) is 120 cm³/mol. The molecule has 6 nitrogen and oxygen atoms in total. The van der Waals surface area contributed by atoms with E-state index in [1.165, 1.54) is 4.90 Å². The normalized spacial score (nSPS) is 20.6. The molecule has 0 aliphatic carbocycles. The molecular weight excluding hydrogens is 398 g/mol. The van der Waals surface area contributed by atoms with Crippen molar-refractivity contribution in [2.75, 3.05) is 13.2 Å². The fraction of sp³-hybridized carbons (Fsp3) is 0.652. The van der Waals surface area contributed by atoms with E-state index >= 15 is 0 Å². The molecule has 1 aliphatic rings. The molecule has 0 aromatic heterocycles. The molecule has 168 valence electrons. The summed E-state index contributed by atoms with van der Waals surface area (Å²) in [4.78, 5) is 27.1. The number of imide groups is 1. The van der Waals surface area contributed by atoms with Gasteiger partial charge in [0.25, 0.3) is 0 Å². The minimum atomic E-state index is -2.19. The monoisotopic (exact) mass is 435 g/mol. The van der Waals surface area contributed by atoms with E-state index in [9.17, 15) is 14.7 Å². The highest BCUT2D eigenvalue weighted by molar-refractivity contribution is 6.74. The lowest BCUT2D eigenvalue weighted by Gasteiger charge is -2.42. The van der Waals surface area contributed by atoms with Gasteiger partial charge in [0.1, 0.15) is 6.61 Å². The second-order valence-corrected chi connectivity index (χ2v) is 14.7. The third-order valence-electron chi connectivity index (χ3n) is 6.48. The number of carbonyl (C=O) groups is 2. The van der Waals surface area contributed by atoms with Gasteiger partial charge in [-0.2, -0.15) is 0 Å². The summed E-state index contributed by atoms with van der Waals surface area (Å²) in [6.45, 7) is 14.4. The molecule has 2 amide bonds. The van der Waals surface area contributed by atoms with Crippen molar-refractivity contribution in [3.63, 3.8) is 0 Å². The van der Waals surface area contributed by atoms with Crippen LogP contribution >= 0.6 is 0 Å². The van der Waals surface area contributed by atoms with E-state index < -0.39 is 26.4 Å². The Labute approximate surface area is 181 Å². The van der Waals surface area contributed by atoms with Crippen molar-refractivity contribution in [1.29, 1.82) is 0 Å². The van der Waals surface area contributed by atoms with E-state index in [1.807, 2.05) is 37.3 Å². The maximum Gasteiger partial charge on any atom is 0.416 e. The molecule has 4 atom stereocenters. The van der Waals surface area contributed by atoms with Gasteiger partial charge in [-0.15, -0.1) is 0 Å². The average molecular weight is 436 g/mol. The van der Waals surface area contributed by atoms with Crippen LogP contribution in [0.15, 0.2) is 30.3 Å². The molecule has 1 heterocycles. The third kappa shape index (κ3) is 5.50. The van der Waals surface area contributed by atoms with E-state index in [0.29, 0.717) is 6.42 Å². The lowest BCUT2D eigenvalue weighted by Crippen LogP contribution is -2.52. The van der Waals surface area contributed by atoms with Crippen molar-refractivity contribution in [2.45, 2.75) is 71.3 Å². The van der Waals surface area contributed by atoms with Gasteiger partial charge >= 0.3 is 6.09 Å². The highest BCUT2D eigenvalue weighted by atomic mass is 28.4. The number of nitrogens with zero attached hydrogens (tertiary/aromatic N) is 1. The van der Waals surface area contributed by atoms with Crippen molar-refractivity contribution in [1.82, 2.24) is 4.90 Å². The molecular formula is C23H37NO5Si. The zero-order valence-electron chi connectivity index (χ0n) is 19.3. The molecule has 1 aromatic carbocycles. The number of hydrogen-bond acceptors (Lipinski definition) is 5. The number of cyclic esters (lactones) is 1. The second kappa shape index (κ2) is 9.62. The van der Waals surface area contributed by atoms with E-state index in [-0.39, 0.29) is 36.1 Å². The Hall–Kier alpha value is -1.70. The zero-order chi connectivity index (χ0) is 22.7. The molecule has 30 heavy (non-hydrogen) atoms. The predicted octanol–water partition coefficient (Wildman–Crippen LogP) is 4.23. The van der Waals surface area contributed by atoms with Crippen LogP contribution in [0.5, 0.6) is 0 Å². The summed E-state index contributed by atoms with van der Waals surface area (Å²) in [5.74, 6) is -1.11. The first-order valence-electron chi connectivity index (χ1n) is 10.7. The maximum absolute atomic E-state index is 13.4. The van der Waals surface area contributed by atoms with Crippen LogP contribution in [0, 0.1) is 11.8 Å².